The molecule has 2 heterocycles. The van der Waals surface area contributed by atoms with Crippen LogP contribution in [0.25, 0.3) is 0 Å². The van der Waals surface area contributed by atoms with Gasteiger partial charge in [-0.2, -0.15) is 0 Å². The van der Waals surface area contributed by atoms with E-state index in [0.717, 1.165) is 31.2 Å². The molecule has 4 heteroatoms. The third kappa shape index (κ3) is 2.29. The van der Waals surface area contributed by atoms with Crippen molar-refractivity contribution in [3.8, 4) is 0 Å². The largest absolute Gasteiger partial charge is 0.348 e. The normalized spacial score (nSPS) is 22.2. The first-order chi connectivity index (χ1) is 8.70. The lowest BCUT2D eigenvalue weighted by atomic mass is 9.97. The van der Waals surface area contributed by atoms with Crippen LogP contribution in [-0.2, 0) is 13.1 Å². The van der Waals surface area contributed by atoms with Gasteiger partial charge in [-0.3, -0.25) is 0 Å². The molecule has 1 aliphatic heterocycles. The first-order valence-electron chi connectivity index (χ1n) is 6.38. The minimum Gasteiger partial charge on any atom is -0.348 e. The van der Waals surface area contributed by atoms with Gasteiger partial charge in [0.15, 0.2) is 0 Å². The first kappa shape index (κ1) is 11.4. The summed E-state index contributed by atoms with van der Waals surface area (Å²) in [6.45, 7) is 6.04. The summed E-state index contributed by atoms with van der Waals surface area (Å²) < 4.78 is 0. The average molecular weight is 242 g/mol. The molecule has 0 amide bonds. The van der Waals surface area contributed by atoms with Crippen molar-refractivity contribution in [2.24, 2.45) is 0 Å². The Morgan fingerprint density at radius 2 is 2.22 bits per heavy atom. The zero-order valence-corrected chi connectivity index (χ0v) is 10.8. The van der Waals surface area contributed by atoms with Crippen molar-refractivity contribution in [1.82, 2.24) is 15.3 Å². The smallest absolute Gasteiger partial charge is 0.223 e. The Kier molecular flexibility index (Phi) is 2.88. The molecule has 3 rings (SSSR count). The van der Waals surface area contributed by atoms with E-state index in [-0.39, 0.29) is 0 Å². The summed E-state index contributed by atoms with van der Waals surface area (Å²) in [4.78, 5) is 8.95. The molecule has 2 aliphatic rings. The molecule has 94 valence electrons. The third-order valence-corrected chi connectivity index (χ3v) is 3.36. The summed E-state index contributed by atoms with van der Waals surface area (Å²) in [7, 11) is 0. The van der Waals surface area contributed by atoms with Gasteiger partial charge in [-0.25, -0.2) is 9.97 Å². The predicted molar refractivity (Wildman–Crippen MR) is 72.1 cm³/mol. The van der Waals surface area contributed by atoms with Crippen molar-refractivity contribution in [1.29, 1.82) is 0 Å². The average Bonchev–Trinajstić information content (AvgIpc) is 2.74. The molecule has 1 unspecified atom stereocenters. The van der Waals surface area contributed by atoms with Gasteiger partial charge < -0.3 is 10.6 Å². The highest BCUT2D eigenvalue weighted by Crippen LogP contribution is 2.20. The molecule has 0 aromatic carbocycles. The fourth-order valence-corrected chi connectivity index (χ4v) is 2.61. The van der Waals surface area contributed by atoms with Crippen LogP contribution in [0, 0.1) is 0 Å². The number of allylic oxidation sites excluding steroid dienone is 2. The molecule has 0 spiro atoms. The van der Waals surface area contributed by atoms with Crippen LogP contribution in [-0.4, -0.2) is 16.0 Å². The summed E-state index contributed by atoms with van der Waals surface area (Å²) in [5.41, 5.74) is 5.04. The maximum atomic E-state index is 4.56. The predicted octanol–water partition coefficient (Wildman–Crippen LogP) is 2.16. The van der Waals surface area contributed by atoms with E-state index in [9.17, 15) is 0 Å². The van der Waals surface area contributed by atoms with Crippen molar-refractivity contribution in [3.05, 3.63) is 40.8 Å². The van der Waals surface area contributed by atoms with E-state index in [0.29, 0.717) is 6.04 Å². The molecule has 4 nitrogen and oxygen atoms in total. The van der Waals surface area contributed by atoms with Gasteiger partial charge >= 0.3 is 0 Å². The summed E-state index contributed by atoms with van der Waals surface area (Å²) in [6, 6.07) is 0.308. The Balaban J connectivity index is 1.76. The van der Waals surface area contributed by atoms with Crippen molar-refractivity contribution in [2.75, 3.05) is 5.32 Å². The second-order valence-corrected chi connectivity index (χ2v) is 5.13. The Morgan fingerprint density at radius 3 is 3.06 bits per heavy atom. The maximum Gasteiger partial charge on any atom is 0.223 e. The van der Waals surface area contributed by atoms with Crippen molar-refractivity contribution in [3.63, 3.8) is 0 Å². The Hall–Kier alpha value is -1.68. The molecule has 1 aromatic heterocycles. The van der Waals surface area contributed by atoms with Gasteiger partial charge in [0.2, 0.25) is 5.95 Å². The van der Waals surface area contributed by atoms with Crippen LogP contribution >= 0.6 is 0 Å². The van der Waals surface area contributed by atoms with Gasteiger partial charge in [0.05, 0.1) is 11.7 Å². The van der Waals surface area contributed by atoms with E-state index in [1.807, 2.05) is 6.20 Å². The standard InChI is InChI=1S/C14H18N4/c1-9-3-10(2)5-12(4-9)17-14-16-7-11-6-15-8-13(11)18-14/h3-4,7,12,15H,5-6,8H2,1-2H3,(H,16,17,18). The second-order valence-electron chi connectivity index (χ2n) is 5.13. The Morgan fingerprint density at radius 1 is 1.33 bits per heavy atom. The fraction of sp³-hybridized carbons (Fsp3) is 0.429. The number of anilines is 1. The van der Waals surface area contributed by atoms with Gasteiger partial charge in [-0.05, 0) is 20.3 Å². The number of aromatic nitrogens is 2. The maximum absolute atomic E-state index is 4.56. The lowest BCUT2D eigenvalue weighted by Gasteiger charge is -2.20. The summed E-state index contributed by atoms with van der Waals surface area (Å²) >= 11 is 0. The highest BCUT2D eigenvalue weighted by molar-refractivity contribution is 5.38. The number of hydrogen-bond donors (Lipinski definition) is 2. The highest BCUT2D eigenvalue weighted by atomic mass is 15.1. The minimum absolute atomic E-state index is 0.308. The molecule has 18 heavy (non-hydrogen) atoms. The summed E-state index contributed by atoms with van der Waals surface area (Å²) in [5.74, 6) is 0.737. The molecule has 0 saturated carbocycles. The first-order valence-corrected chi connectivity index (χ1v) is 6.38. The quantitative estimate of drug-likeness (QED) is 0.834. The zero-order valence-electron chi connectivity index (χ0n) is 10.8. The van der Waals surface area contributed by atoms with E-state index in [4.69, 9.17) is 0 Å². The lowest BCUT2D eigenvalue weighted by Crippen LogP contribution is -2.21. The van der Waals surface area contributed by atoms with Crippen LogP contribution in [0.3, 0.4) is 0 Å². The lowest BCUT2D eigenvalue weighted by molar-refractivity contribution is 0.757. The van der Waals surface area contributed by atoms with E-state index in [1.54, 1.807) is 0 Å². The van der Waals surface area contributed by atoms with Gasteiger partial charge in [0.1, 0.15) is 0 Å². The number of nitrogens with one attached hydrogen (secondary N) is 2. The fourth-order valence-electron chi connectivity index (χ4n) is 2.61. The number of hydrogen-bond acceptors (Lipinski definition) is 4. The minimum atomic E-state index is 0.308. The second kappa shape index (κ2) is 4.53. The topological polar surface area (TPSA) is 49.8 Å². The molecule has 0 saturated heterocycles. The van der Waals surface area contributed by atoms with Crippen molar-refractivity contribution < 1.29 is 0 Å². The summed E-state index contributed by atoms with van der Waals surface area (Å²) in [5, 5.41) is 6.69. The summed E-state index contributed by atoms with van der Waals surface area (Å²) in [6.07, 6.45) is 7.41. The molecule has 2 N–H and O–H groups in total. The van der Waals surface area contributed by atoms with Gasteiger partial charge in [-0.1, -0.05) is 23.3 Å². The Labute approximate surface area is 107 Å². The molecular weight excluding hydrogens is 224 g/mol. The molecule has 1 atom stereocenters. The number of rotatable bonds is 2. The van der Waals surface area contributed by atoms with Crippen molar-refractivity contribution >= 4 is 5.95 Å². The van der Waals surface area contributed by atoms with E-state index >= 15 is 0 Å². The van der Waals surface area contributed by atoms with Crippen molar-refractivity contribution in [2.45, 2.75) is 39.4 Å². The zero-order chi connectivity index (χ0) is 12.5. The van der Waals surface area contributed by atoms with E-state index < -0.39 is 0 Å². The van der Waals surface area contributed by atoms with Crippen LogP contribution in [0.15, 0.2) is 29.5 Å². The van der Waals surface area contributed by atoms with Gasteiger partial charge in [0, 0.05) is 24.8 Å². The molecule has 0 fully saturated rings. The van der Waals surface area contributed by atoms with Crippen LogP contribution < -0.4 is 10.6 Å². The van der Waals surface area contributed by atoms with Crippen LogP contribution in [0.4, 0.5) is 5.95 Å². The monoisotopic (exact) mass is 242 g/mol. The molecule has 0 radical (unpaired) electrons. The van der Waals surface area contributed by atoms with Gasteiger partial charge in [-0.15, -0.1) is 0 Å². The number of nitrogens with zero attached hydrogens (tertiary/aromatic N) is 2. The molecular formula is C14H18N4. The van der Waals surface area contributed by atoms with E-state index in [1.165, 1.54) is 16.7 Å². The number of fused-ring (bicyclic) bond motifs is 1. The van der Waals surface area contributed by atoms with Crippen LogP contribution in [0.5, 0.6) is 0 Å². The molecule has 1 aromatic rings. The Bertz CT molecular complexity index is 531. The van der Waals surface area contributed by atoms with Crippen LogP contribution in [0.1, 0.15) is 31.5 Å². The molecule has 1 aliphatic carbocycles. The third-order valence-electron chi connectivity index (χ3n) is 3.36. The molecule has 0 bridgehead atoms. The highest BCUT2D eigenvalue weighted by Gasteiger charge is 2.15. The SMILES string of the molecule is CC1=CC(Nc2ncc3c(n2)CNC3)CC(C)=C1. The van der Waals surface area contributed by atoms with E-state index in [2.05, 4.69) is 46.6 Å². The van der Waals surface area contributed by atoms with Crippen LogP contribution in [0.2, 0.25) is 0 Å². The van der Waals surface area contributed by atoms with Gasteiger partial charge in [0.25, 0.3) is 0 Å².